The van der Waals surface area contributed by atoms with Crippen LogP contribution in [0, 0.1) is 11.8 Å². The molecule has 4 rings (SSSR count). The predicted molar refractivity (Wildman–Crippen MR) is 225 cm³/mol. The molecule has 1 aromatic rings. The summed E-state index contributed by atoms with van der Waals surface area (Å²) in [6.45, 7) is 13.6. The van der Waals surface area contributed by atoms with Crippen LogP contribution in [0.3, 0.4) is 0 Å². The van der Waals surface area contributed by atoms with Gasteiger partial charge in [0.25, 0.3) is 0 Å². The van der Waals surface area contributed by atoms with E-state index in [0.29, 0.717) is 17.4 Å². The van der Waals surface area contributed by atoms with Crippen LogP contribution < -0.4 is 16.0 Å². The molecule has 2 atom stereocenters. The number of carbonyl (C=O) groups excluding carboxylic acids is 3. The van der Waals surface area contributed by atoms with Crippen LogP contribution in [0.4, 0.5) is 9.59 Å². The summed E-state index contributed by atoms with van der Waals surface area (Å²) in [6, 6.07) is 9.18. The highest BCUT2D eigenvalue weighted by atomic mass is 32.2. The molecule has 2 saturated carbocycles. The van der Waals surface area contributed by atoms with E-state index in [2.05, 4.69) is 45.1 Å². The van der Waals surface area contributed by atoms with E-state index in [-0.39, 0.29) is 11.9 Å². The SMILES string of the molecule is CC(C)(C)OC(=O)N[C@@H](CSCC1CCCCC1)C(=O)NC1CCN(Cc2ccccc2)CC1.CC(C)(C)OC(=O)N[C@@H](CSCC1CCCCC1)C(=O)O. The number of benzene rings is 1. The van der Waals surface area contributed by atoms with E-state index in [1.54, 1.807) is 44.3 Å². The van der Waals surface area contributed by atoms with Crippen LogP contribution in [0.1, 0.15) is 124 Å². The van der Waals surface area contributed by atoms with Gasteiger partial charge in [0.05, 0.1) is 0 Å². The minimum absolute atomic E-state index is 0.0940. The summed E-state index contributed by atoms with van der Waals surface area (Å²) >= 11 is 3.39. The quantitative estimate of drug-likeness (QED) is 0.137. The summed E-state index contributed by atoms with van der Waals surface area (Å²) in [6.07, 6.45) is 13.5. The Kier molecular flexibility index (Phi) is 20.6. The molecule has 0 aromatic heterocycles. The lowest BCUT2D eigenvalue weighted by Gasteiger charge is -2.33. The highest BCUT2D eigenvalue weighted by Gasteiger charge is 2.29. The number of nitrogens with one attached hydrogen (secondary N) is 3. The molecule has 0 radical (unpaired) electrons. The average Bonchev–Trinajstić information content (AvgIpc) is 3.11. The van der Waals surface area contributed by atoms with Crippen LogP contribution in [0.5, 0.6) is 0 Å². The first-order valence-electron chi connectivity index (χ1n) is 20.5. The van der Waals surface area contributed by atoms with E-state index in [4.69, 9.17) is 9.47 Å². The number of ether oxygens (including phenoxy) is 2. The summed E-state index contributed by atoms with van der Waals surface area (Å²) < 4.78 is 10.5. The molecular formula is C42H70N4O7S2. The zero-order valence-corrected chi connectivity index (χ0v) is 36.0. The van der Waals surface area contributed by atoms with Crippen LogP contribution in [0.2, 0.25) is 0 Å². The Morgan fingerprint density at radius 3 is 1.62 bits per heavy atom. The molecule has 3 fully saturated rings. The van der Waals surface area contributed by atoms with Crippen molar-refractivity contribution in [2.75, 3.05) is 36.1 Å². The van der Waals surface area contributed by atoms with Crippen molar-refractivity contribution in [3.63, 3.8) is 0 Å². The van der Waals surface area contributed by atoms with Crippen molar-refractivity contribution in [1.82, 2.24) is 20.9 Å². The number of amides is 3. The summed E-state index contributed by atoms with van der Waals surface area (Å²) in [7, 11) is 0. The highest BCUT2D eigenvalue weighted by Crippen LogP contribution is 2.28. The van der Waals surface area contributed by atoms with Crippen LogP contribution in [-0.2, 0) is 25.6 Å². The summed E-state index contributed by atoms with van der Waals surface area (Å²) in [4.78, 5) is 50.8. The molecule has 13 heteroatoms. The average molecular weight is 807 g/mol. The van der Waals surface area contributed by atoms with Gasteiger partial charge in [0.2, 0.25) is 5.91 Å². The van der Waals surface area contributed by atoms with Gasteiger partial charge in [0.15, 0.2) is 0 Å². The number of aliphatic carboxylic acids is 1. The Balaban J connectivity index is 0.000000332. The molecule has 1 aromatic carbocycles. The fourth-order valence-corrected chi connectivity index (χ4v) is 9.59. The number of thioether (sulfide) groups is 2. The number of alkyl carbamates (subject to hydrolysis) is 2. The number of piperidine rings is 1. The van der Waals surface area contributed by atoms with Crippen molar-refractivity contribution in [3.8, 4) is 0 Å². The predicted octanol–water partition coefficient (Wildman–Crippen LogP) is 8.25. The van der Waals surface area contributed by atoms with Gasteiger partial charge in [-0.3, -0.25) is 9.69 Å². The van der Waals surface area contributed by atoms with Gasteiger partial charge in [-0.05, 0) is 109 Å². The molecule has 3 amide bonds. The van der Waals surface area contributed by atoms with E-state index < -0.39 is 41.4 Å². The lowest BCUT2D eigenvalue weighted by molar-refractivity contribution is -0.138. The molecule has 1 saturated heterocycles. The van der Waals surface area contributed by atoms with Crippen LogP contribution >= 0.6 is 23.5 Å². The number of carboxylic acids is 1. The number of hydrogen-bond donors (Lipinski definition) is 4. The molecule has 3 aliphatic rings. The number of rotatable bonds is 15. The monoisotopic (exact) mass is 806 g/mol. The largest absolute Gasteiger partial charge is 0.480 e. The van der Waals surface area contributed by atoms with E-state index >= 15 is 0 Å². The van der Waals surface area contributed by atoms with Crippen LogP contribution in [0.15, 0.2) is 30.3 Å². The van der Waals surface area contributed by atoms with Gasteiger partial charge in [-0.15, -0.1) is 0 Å². The van der Waals surface area contributed by atoms with Crippen LogP contribution in [0.25, 0.3) is 0 Å². The summed E-state index contributed by atoms with van der Waals surface area (Å²) in [5.41, 5.74) is 0.107. The zero-order chi connectivity index (χ0) is 40.3. The molecule has 0 bridgehead atoms. The molecule has 4 N–H and O–H groups in total. The summed E-state index contributed by atoms with van der Waals surface area (Å²) in [5.74, 6) is 3.30. The Labute approximate surface area is 339 Å². The highest BCUT2D eigenvalue weighted by molar-refractivity contribution is 7.99. The second-order valence-electron chi connectivity index (χ2n) is 17.4. The molecular weight excluding hydrogens is 737 g/mol. The normalized spacial score (nSPS) is 18.9. The second-order valence-corrected chi connectivity index (χ2v) is 19.5. The first kappa shape index (κ1) is 46.7. The van der Waals surface area contributed by atoms with Gasteiger partial charge in [-0.1, -0.05) is 68.9 Å². The number of nitrogens with zero attached hydrogens (tertiary/aromatic N) is 1. The zero-order valence-electron chi connectivity index (χ0n) is 34.4. The fraction of sp³-hybridized carbons (Fsp3) is 0.762. The fourth-order valence-electron chi connectivity index (χ4n) is 7.05. The van der Waals surface area contributed by atoms with Crippen molar-refractivity contribution in [2.45, 2.75) is 154 Å². The first-order chi connectivity index (χ1) is 26.1. The molecule has 55 heavy (non-hydrogen) atoms. The Morgan fingerprint density at radius 2 is 1.16 bits per heavy atom. The maximum absolute atomic E-state index is 13.2. The van der Waals surface area contributed by atoms with Crippen LogP contribution in [-0.4, -0.2) is 99.5 Å². The molecule has 11 nitrogen and oxygen atoms in total. The number of likely N-dealkylation sites (tertiary alicyclic amines) is 1. The van der Waals surface area contributed by atoms with Gasteiger partial charge in [-0.2, -0.15) is 23.5 Å². The minimum atomic E-state index is -1.02. The third-order valence-electron chi connectivity index (χ3n) is 9.91. The maximum Gasteiger partial charge on any atom is 0.408 e. The number of carbonyl (C=O) groups is 4. The maximum atomic E-state index is 13.2. The molecule has 1 aliphatic heterocycles. The Hall–Kier alpha value is -2.64. The van der Waals surface area contributed by atoms with Gasteiger partial charge in [-0.25, -0.2) is 14.4 Å². The molecule has 312 valence electrons. The second kappa shape index (κ2) is 24.2. The van der Waals surface area contributed by atoms with E-state index in [0.717, 1.165) is 49.9 Å². The lowest BCUT2D eigenvalue weighted by atomic mass is 9.91. The smallest absolute Gasteiger partial charge is 0.408 e. The topological polar surface area (TPSA) is 146 Å². The van der Waals surface area contributed by atoms with Crippen molar-refractivity contribution < 1.29 is 33.8 Å². The van der Waals surface area contributed by atoms with Crippen molar-refractivity contribution in [1.29, 1.82) is 0 Å². The lowest BCUT2D eigenvalue weighted by Crippen LogP contribution is -2.53. The van der Waals surface area contributed by atoms with E-state index in [1.165, 1.54) is 69.8 Å². The van der Waals surface area contributed by atoms with E-state index in [1.807, 2.05) is 26.8 Å². The summed E-state index contributed by atoms with van der Waals surface area (Å²) in [5, 5.41) is 17.7. The van der Waals surface area contributed by atoms with Gasteiger partial charge < -0.3 is 30.5 Å². The van der Waals surface area contributed by atoms with Crippen molar-refractivity contribution >= 4 is 47.6 Å². The van der Waals surface area contributed by atoms with Gasteiger partial charge in [0, 0.05) is 37.2 Å². The minimum Gasteiger partial charge on any atom is -0.480 e. The van der Waals surface area contributed by atoms with Crippen molar-refractivity contribution in [2.24, 2.45) is 11.8 Å². The standard InChI is InChI=1S/C27H43N3O3S.C15H27NO4S/c1-27(2,3)33-26(32)29-24(20-34-19-22-12-8-5-9-13-22)25(31)28-23-14-16-30(17-15-23)18-21-10-6-4-7-11-21;1-15(2,3)20-14(19)16-12(13(17)18)10-21-9-11-7-5-4-6-8-11/h4,6-7,10-11,22-24H,5,8-9,12-20H2,1-3H3,(H,28,31)(H,29,32);11-12H,4-10H2,1-3H3,(H,16,19)(H,17,18)/t24-;12-/m00/s1. The first-order valence-corrected chi connectivity index (χ1v) is 22.8. The molecule has 0 spiro atoms. The van der Waals surface area contributed by atoms with Gasteiger partial charge >= 0.3 is 18.2 Å². The molecule has 2 aliphatic carbocycles. The molecule has 1 heterocycles. The number of hydrogen-bond acceptors (Lipinski definition) is 9. The van der Waals surface area contributed by atoms with E-state index in [9.17, 15) is 24.3 Å². The van der Waals surface area contributed by atoms with Crippen molar-refractivity contribution in [3.05, 3.63) is 35.9 Å². The van der Waals surface area contributed by atoms with Gasteiger partial charge in [0.1, 0.15) is 23.3 Å². The molecule has 0 unspecified atom stereocenters. The third-order valence-corrected chi connectivity index (χ3v) is 12.5. The Bertz CT molecular complexity index is 1290. The third kappa shape index (κ3) is 20.9. The Morgan fingerprint density at radius 1 is 0.709 bits per heavy atom. The number of carboxylic acid groups (broad SMARTS) is 1.